The fourth-order valence-corrected chi connectivity index (χ4v) is 1.38. The average Bonchev–Trinajstić information content (AvgIpc) is 2.40. The number of anilines is 1. The molecule has 0 saturated heterocycles. The molecule has 4 nitrogen and oxygen atoms in total. The van der Waals surface area contributed by atoms with Crippen molar-refractivity contribution in [3.05, 3.63) is 54.1 Å². The van der Waals surface area contributed by atoms with Gasteiger partial charge in [0.05, 0.1) is 7.11 Å². The summed E-state index contributed by atoms with van der Waals surface area (Å²) in [6, 6.07) is 14.2. The van der Waals surface area contributed by atoms with Gasteiger partial charge in [-0.05, 0) is 18.2 Å². The lowest BCUT2D eigenvalue weighted by Gasteiger charge is -2.05. The Morgan fingerprint density at radius 1 is 1.12 bits per heavy atom. The zero-order valence-corrected chi connectivity index (χ0v) is 9.38. The molecule has 1 aromatic carbocycles. The second-order valence-electron chi connectivity index (χ2n) is 3.39. The van der Waals surface area contributed by atoms with Crippen molar-refractivity contribution in [3.63, 3.8) is 0 Å². The van der Waals surface area contributed by atoms with Gasteiger partial charge in [0.15, 0.2) is 0 Å². The summed E-state index contributed by atoms with van der Waals surface area (Å²) in [6.45, 7) is 0. The molecule has 1 aromatic heterocycles. The highest BCUT2D eigenvalue weighted by Gasteiger charge is 2.06. The van der Waals surface area contributed by atoms with Gasteiger partial charge in [0, 0.05) is 11.6 Å². The summed E-state index contributed by atoms with van der Waals surface area (Å²) in [5.41, 5.74) is 0.595. The molecule has 0 aliphatic carbocycles. The molecule has 86 valence electrons. The highest BCUT2D eigenvalue weighted by atomic mass is 16.5. The van der Waals surface area contributed by atoms with Gasteiger partial charge in [0.2, 0.25) is 5.88 Å². The molecular formula is C13H12N2O2. The van der Waals surface area contributed by atoms with E-state index in [0.717, 1.165) is 0 Å². The van der Waals surface area contributed by atoms with E-state index in [-0.39, 0.29) is 5.91 Å². The van der Waals surface area contributed by atoms with Crippen LogP contribution in [0.1, 0.15) is 10.4 Å². The molecule has 2 aromatic rings. The Labute approximate surface area is 99.3 Å². The predicted molar refractivity (Wildman–Crippen MR) is 65.2 cm³/mol. The summed E-state index contributed by atoms with van der Waals surface area (Å²) in [5.74, 6) is 0.750. The number of rotatable bonds is 3. The summed E-state index contributed by atoms with van der Waals surface area (Å²) < 4.78 is 4.98. The Balaban J connectivity index is 2.13. The van der Waals surface area contributed by atoms with Crippen LogP contribution in [0.25, 0.3) is 0 Å². The molecule has 0 unspecified atom stereocenters. The van der Waals surface area contributed by atoms with Gasteiger partial charge < -0.3 is 10.1 Å². The highest BCUT2D eigenvalue weighted by molar-refractivity contribution is 6.03. The quantitative estimate of drug-likeness (QED) is 0.877. The van der Waals surface area contributed by atoms with Crippen LogP contribution in [0.3, 0.4) is 0 Å². The number of benzene rings is 1. The predicted octanol–water partition coefficient (Wildman–Crippen LogP) is 2.34. The lowest BCUT2D eigenvalue weighted by molar-refractivity contribution is 0.102. The van der Waals surface area contributed by atoms with Gasteiger partial charge in [-0.25, -0.2) is 0 Å². The summed E-state index contributed by atoms with van der Waals surface area (Å²) in [7, 11) is 1.53. The molecule has 17 heavy (non-hydrogen) atoms. The van der Waals surface area contributed by atoms with Crippen LogP contribution >= 0.6 is 0 Å². The fraction of sp³-hybridized carbons (Fsp3) is 0.0769. The first kappa shape index (κ1) is 11.1. The lowest BCUT2D eigenvalue weighted by Crippen LogP contribution is -2.12. The van der Waals surface area contributed by atoms with Crippen molar-refractivity contribution < 1.29 is 9.53 Å². The summed E-state index contributed by atoms with van der Waals surface area (Å²) in [4.78, 5) is 15.9. The molecule has 0 radical (unpaired) electrons. The molecule has 0 spiro atoms. The maximum absolute atomic E-state index is 11.8. The lowest BCUT2D eigenvalue weighted by atomic mass is 10.2. The van der Waals surface area contributed by atoms with Crippen molar-refractivity contribution in [2.45, 2.75) is 0 Å². The molecule has 0 aliphatic heterocycles. The van der Waals surface area contributed by atoms with E-state index in [1.165, 1.54) is 7.11 Å². The first-order valence-electron chi connectivity index (χ1n) is 5.17. The van der Waals surface area contributed by atoms with Crippen molar-refractivity contribution in [3.8, 4) is 5.88 Å². The van der Waals surface area contributed by atoms with Gasteiger partial charge in [-0.15, -0.1) is 0 Å². The largest absolute Gasteiger partial charge is 0.481 e. The van der Waals surface area contributed by atoms with Gasteiger partial charge in [-0.3, -0.25) is 4.79 Å². The number of nitrogens with one attached hydrogen (secondary N) is 1. The van der Waals surface area contributed by atoms with E-state index in [1.54, 1.807) is 30.3 Å². The van der Waals surface area contributed by atoms with Crippen LogP contribution in [0, 0.1) is 0 Å². The van der Waals surface area contributed by atoms with Gasteiger partial charge in [-0.2, -0.15) is 4.98 Å². The minimum absolute atomic E-state index is 0.189. The fourth-order valence-electron chi connectivity index (χ4n) is 1.38. The summed E-state index contributed by atoms with van der Waals surface area (Å²) in [5, 5.41) is 2.70. The second-order valence-corrected chi connectivity index (χ2v) is 3.39. The topological polar surface area (TPSA) is 51.2 Å². The van der Waals surface area contributed by atoms with E-state index in [9.17, 15) is 4.79 Å². The number of nitrogens with zero attached hydrogens (tertiary/aromatic N) is 1. The van der Waals surface area contributed by atoms with Gasteiger partial charge >= 0.3 is 0 Å². The normalized spacial score (nSPS) is 9.71. The van der Waals surface area contributed by atoms with Crippen LogP contribution in [0.15, 0.2) is 48.5 Å². The molecule has 0 saturated carbocycles. The number of amides is 1. The number of hydrogen-bond acceptors (Lipinski definition) is 3. The summed E-state index contributed by atoms with van der Waals surface area (Å²) >= 11 is 0. The molecule has 1 amide bonds. The van der Waals surface area contributed by atoms with E-state index < -0.39 is 0 Å². The first-order valence-corrected chi connectivity index (χ1v) is 5.17. The van der Waals surface area contributed by atoms with Gasteiger partial charge in [0.25, 0.3) is 5.91 Å². The van der Waals surface area contributed by atoms with Gasteiger partial charge in [-0.1, -0.05) is 24.3 Å². The third-order valence-electron chi connectivity index (χ3n) is 2.21. The van der Waals surface area contributed by atoms with E-state index in [0.29, 0.717) is 17.3 Å². The Kier molecular flexibility index (Phi) is 3.35. The Morgan fingerprint density at radius 2 is 1.88 bits per heavy atom. The smallest absolute Gasteiger partial charge is 0.256 e. The monoisotopic (exact) mass is 228 g/mol. The van der Waals surface area contributed by atoms with Crippen LogP contribution in [0.5, 0.6) is 5.88 Å². The SMILES string of the molecule is COc1cccc(NC(=O)c2ccccc2)n1. The number of carbonyl (C=O) groups excluding carboxylic acids is 1. The molecule has 4 heteroatoms. The zero-order valence-electron chi connectivity index (χ0n) is 9.38. The van der Waals surface area contributed by atoms with Crippen molar-refractivity contribution in [1.82, 2.24) is 4.98 Å². The molecule has 0 bridgehead atoms. The van der Waals surface area contributed by atoms with Crippen LogP contribution in [0.2, 0.25) is 0 Å². The van der Waals surface area contributed by atoms with Crippen LogP contribution in [0.4, 0.5) is 5.82 Å². The number of carbonyl (C=O) groups is 1. The van der Waals surface area contributed by atoms with Gasteiger partial charge in [0.1, 0.15) is 5.82 Å². The molecule has 0 aliphatic rings. The molecule has 0 atom stereocenters. The van der Waals surface area contributed by atoms with E-state index in [2.05, 4.69) is 10.3 Å². The number of pyridine rings is 1. The third kappa shape index (κ3) is 2.81. The number of hydrogen-bond donors (Lipinski definition) is 1. The minimum atomic E-state index is -0.189. The molecule has 1 N–H and O–H groups in total. The maximum Gasteiger partial charge on any atom is 0.256 e. The van der Waals surface area contributed by atoms with E-state index >= 15 is 0 Å². The van der Waals surface area contributed by atoms with Crippen LogP contribution in [-0.2, 0) is 0 Å². The van der Waals surface area contributed by atoms with Crippen molar-refractivity contribution in [1.29, 1.82) is 0 Å². The minimum Gasteiger partial charge on any atom is -0.481 e. The Bertz CT molecular complexity index is 512. The average molecular weight is 228 g/mol. The number of aromatic nitrogens is 1. The first-order chi connectivity index (χ1) is 8.29. The zero-order chi connectivity index (χ0) is 12.1. The number of ether oxygens (including phenoxy) is 1. The third-order valence-corrected chi connectivity index (χ3v) is 2.21. The van der Waals surface area contributed by atoms with Crippen molar-refractivity contribution in [2.24, 2.45) is 0 Å². The Morgan fingerprint density at radius 3 is 2.59 bits per heavy atom. The van der Waals surface area contributed by atoms with Crippen LogP contribution < -0.4 is 10.1 Å². The Hall–Kier alpha value is -2.36. The van der Waals surface area contributed by atoms with Crippen molar-refractivity contribution in [2.75, 3.05) is 12.4 Å². The van der Waals surface area contributed by atoms with Crippen molar-refractivity contribution >= 4 is 11.7 Å². The molecular weight excluding hydrogens is 216 g/mol. The van der Waals surface area contributed by atoms with E-state index in [1.807, 2.05) is 18.2 Å². The molecule has 1 heterocycles. The molecule has 0 fully saturated rings. The van der Waals surface area contributed by atoms with Crippen LogP contribution in [-0.4, -0.2) is 18.0 Å². The standard InChI is InChI=1S/C13H12N2O2/c1-17-12-9-5-8-11(14-12)15-13(16)10-6-3-2-4-7-10/h2-9H,1H3,(H,14,15,16). The second kappa shape index (κ2) is 5.12. The van der Waals surface area contributed by atoms with E-state index in [4.69, 9.17) is 4.74 Å². The highest BCUT2D eigenvalue weighted by Crippen LogP contribution is 2.11. The maximum atomic E-state index is 11.8. The molecule has 2 rings (SSSR count). The number of methoxy groups -OCH3 is 1. The summed E-state index contributed by atoms with van der Waals surface area (Å²) in [6.07, 6.45) is 0.